The molecule has 1 aromatic heterocycles. The molecule has 1 heterocycles. The quantitative estimate of drug-likeness (QED) is 0.784. The predicted octanol–water partition coefficient (Wildman–Crippen LogP) is 3.07. The van der Waals surface area contributed by atoms with Crippen molar-refractivity contribution in [1.82, 2.24) is 15.0 Å². The highest BCUT2D eigenvalue weighted by molar-refractivity contribution is 6.28. The third-order valence-electron chi connectivity index (χ3n) is 2.03. The lowest BCUT2D eigenvalue weighted by atomic mass is 10.2. The lowest BCUT2D eigenvalue weighted by molar-refractivity contribution is -0.135. The summed E-state index contributed by atoms with van der Waals surface area (Å²) < 4.78 is 40.8. The molecule has 1 aromatic rings. The topological polar surface area (TPSA) is 59.9 Å². The number of hydrogen-bond acceptors (Lipinski definition) is 5. The second-order valence-corrected chi connectivity index (χ2v) is 3.98. The van der Waals surface area contributed by atoms with Gasteiger partial charge in [0.1, 0.15) is 0 Å². The maximum Gasteiger partial charge on any atom is 0.389 e. The third kappa shape index (κ3) is 7.00. The lowest BCUT2D eigenvalue weighted by Crippen LogP contribution is -2.10. The van der Waals surface area contributed by atoms with E-state index in [2.05, 4.69) is 20.3 Å². The van der Waals surface area contributed by atoms with Gasteiger partial charge in [0.05, 0.1) is 6.61 Å². The number of halogens is 4. The minimum Gasteiger partial charge on any atom is -0.464 e. The van der Waals surface area contributed by atoms with E-state index in [1.54, 1.807) is 6.92 Å². The van der Waals surface area contributed by atoms with Crippen molar-refractivity contribution in [3.05, 3.63) is 5.28 Å². The van der Waals surface area contributed by atoms with Crippen LogP contribution in [0.5, 0.6) is 6.01 Å². The monoisotopic (exact) mass is 298 g/mol. The molecule has 0 amide bonds. The van der Waals surface area contributed by atoms with Crippen LogP contribution in [0, 0.1) is 0 Å². The van der Waals surface area contributed by atoms with Gasteiger partial charge >= 0.3 is 12.2 Å². The van der Waals surface area contributed by atoms with Crippen LogP contribution >= 0.6 is 11.6 Å². The zero-order valence-electron chi connectivity index (χ0n) is 10.3. The number of hydrogen-bond donors (Lipinski definition) is 1. The van der Waals surface area contributed by atoms with Gasteiger partial charge in [-0.05, 0) is 31.4 Å². The number of aromatic nitrogens is 3. The summed E-state index contributed by atoms with van der Waals surface area (Å²) in [5.41, 5.74) is 0. The van der Waals surface area contributed by atoms with Gasteiger partial charge < -0.3 is 10.1 Å². The van der Waals surface area contributed by atoms with E-state index in [0.717, 1.165) is 0 Å². The van der Waals surface area contributed by atoms with Crippen LogP contribution in [0.3, 0.4) is 0 Å². The SMILES string of the molecule is CCOc1nc(Cl)nc(NCCCCC(F)(F)F)n1. The maximum atomic E-state index is 11.9. The maximum absolute atomic E-state index is 11.9. The molecule has 0 bridgehead atoms. The Morgan fingerprint density at radius 1 is 1.21 bits per heavy atom. The van der Waals surface area contributed by atoms with E-state index < -0.39 is 12.6 Å². The summed E-state index contributed by atoms with van der Waals surface area (Å²) in [6.07, 6.45) is -4.50. The number of nitrogens with one attached hydrogen (secondary N) is 1. The van der Waals surface area contributed by atoms with Crippen LogP contribution in [0.15, 0.2) is 0 Å². The Balaban J connectivity index is 2.36. The van der Waals surface area contributed by atoms with Crippen molar-refractivity contribution in [2.24, 2.45) is 0 Å². The van der Waals surface area contributed by atoms with Gasteiger partial charge in [-0.2, -0.15) is 28.1 Å². The highest BCUT2D eigenvalue weighted by Crippen LogP contribution is 2.22. The van der Waals surface area contributed by atoms with Crippen LogP contribution in [0.2, 0.25) is 5.28 Å². The Morgan fingerprint density at radius 2 is 1.95 bits per heavy atom. The first-order valence-corrected chi connectivity index (χ1v) is 6.13. The normalized spacial score (nSPS) is 11.4. The average Bonchev–Trinajstić information content (AvgIpc) is 2.26. The van der Waals surface area contributed by atoms with Crippen LogP contribution in [0.25, 0.3) is 0 Å². The van der Waals surface area contributed by atoms with Gasteiger partial charge in [-0.15, -0.1) is 0 Å². The molecule has 0 atom stereocenters. The molecule has 108 valence electrons. The summed E-state index contributed by atoms with van der Waals surface area (Å²) in [6, 6.07) is 0.0836. The Morgan fingerprint density at radius 3 is 2.58 bits per heavy atom. The van der Waals surface area contributed by atoms with E-state index in [1.807, 2.05) is 0 Å². The molecule has 1 rings (SSSR count). The molecule has 0 saturated heterocycles. The van der Waals surface area contributed by atoms with E-state index in [9.17, 15) is 13.2 Å². The Hall–Kier alpha value is -1.31. The molecule has 0 saturated carbocycles. The Kier molecular flexibility index (Phi) is 6.07. The van der Waals surface area contributed by atoms with Crippen molar-refractivity contribution >= 4 is 17.5 Å². The molecule has 0 spiro atoms. The largest absolute Gasteiger partial charge is 0.464 e. The molecule has 0 unspecified atom stereocenters. The molecule has 9 heteroatoms. The number of nitrogens with zero attached hydrogens (tertiary/aromatic N) is 3. The summed E-state index contributed by atoms with van der Waals surface area (Å²) >= 11 is 5.65. The molecule has 0 aliphatic rings. The summed E-state index contributed by atoms with van der Waals surface area (Å²) in [6.45, 7) is 2.47. The van der Waals surface area contributed by atoms with E-state index in [0.29, 0.717) is 19.6 Å². The number of alkyl halides is 3. The first-order chi connectivity index (χ1) is 8.90. The van der Waals surface area contributed by atoms with Crippen LogP contribution in [-0.2, 0) is 0 Å². The van der Waals surface area contributed by atoms with E-state index in [-0.39, 0.29) is 23.7 Å². The van der Waals surface area contributed by atoms with Crippen LogP contribution in [-0.4, -0.2) is 34.3 Å². The van der Waals surface area contributed by atoms with Gasteiger partial charge in [0, 0.05) is 13.0 Å². The zero-order valence-corrected chi connectivity index (χ0v) is 11.1. The summed E-state index contributed by atoms with van der Waals surface area (Å²) in [4.78, 5) is 11.4. The number of ether oxygens (including phenoxy) is 1. The summed E-state index contributed by atoms with van der Waals surface area (Å²) in [5.74, 6) is 0.190. The fourth-order valence-electron chi connectivity index (χ4n) is 1.26. The molecule has 19 heavy (non-hydrogen) atoms. The summed E-state index contributed by atoms with van der Waals surface area (Å²) in [5, 5.41) is 2.75. The number of unbranched alkanes of at least 4 members (excludes halogenated alkanes) is 1. The highest BCUT2D eigenvalue weighted by Gasteiger charge is 2.25. The zero-order chi connectivity index (χ0) is 14.3. The number of anilines is 1. The van der Waals surface area contributed by atoms with E-state index >= 15 is 0 Å². The van der Waals surface area contributed by atoms with Gasteiger partial charge in [0.2, 0.25) is 11.2 Å². The van der Waals surface area contributed by atoms with Crippen LogP contribution < -0.4 is 10.1 Å². The molecular formula is C10H14ClF3N4O. The molecule has 0 radical (unpaired) electrons. The molecule has 0 aromatic carbocycles. The van der Waals surface area contributed by atoms with Gasteiger partial charge in [0.25, 0.3) is 0 Å². The first kappa shape index (κ1) is 15.7. The van der Waals surface area contributed by atoms with Gasteiger partial charge in [-0.25, -0.2) is 0 Å². The molecule has 1 N–H and O–H groups in total. The smallest absolute Gasteiger partial charge is 0.389 e. The second-order valence-electron chi connectivity index (χ2n) is 3.64. The summed E-state index contributed by atoms with van der Waals surface area (Å²) in [7, 11) is 0. The minimum atomic E-state index is -4.11. The highest BCUT2D eigenvalue weighted by atomic mass is 35.5. The third-order valence-corrected chi connectivity index (χ3v) is 2.20. The van der Waals surface area contributed by atoms with Gasteiger partial charge in [-0.1, -0.05) is 0 Å². The van der Waals surface area contributed by atoms with Crippen molar-refractivity contribution in [2.45, 2.75) is 32.4 Å². The van der Waals surface area contributed by atoms with Crippen molar-refractivity contribution in [1.29, 1.82) is 0 Å². The Labute approximate surface area is 113 Å². The lowest BCUT2D eigenvalue weighted by Gasteiger charge is -2.08. The fraction of sp³-hybridized carbons (Fsp3) is 0.700. The molecular weight excluding hydrogens is 285 g/mol. The fourth-order valence-corrected chi connectivity index (χ4v) is 1.41. The molecule has 0 aliphatic carbocycles. The van der Waals surface area contributed by atoms with Crippen LogP contribution in [0.1, 0.15) is 26.2 Å². The van der Waals surface area contributed by atoms with Crippen LogP contribution in [0.4, 0.5) is 19.1 Å². The van der Waals surface area contributed by atoms with Crippen molar-refractivity contribution in [3.8, 4) is 6.01 Å². The Bertz CT molecular complexity index is 403. The standard InChI is InChI=1S/C10H14ClF3N4O/c1-2-19-9-17-7(11)16-8(18-9)15-6-4-3-5-10(12,13)14/h2-6H2,1H3,(H,15,16,17,18). The van der Waals surface area contributed by atoms with E-state index in [4.69, 9.17) is 16.3 Å². The van der Waals surface area contributed by atoms with Crippen molar-refractivity contribution < 1.29 is 17.9 Å². The second kappa shape index (κ2) is 7.32. The number of rotatable bonds is 7. The van der Waals surface area contributed by atoms with Crippen molar-refractivity contribution in [2.75, 3.05) is 18.5 Å². The molecule has 5 nitrogen and oxygen atoms in total. The minimum absolute atomic E-state index is 0.0313. The first-order valence-electron chi connectivity index (χ1n) is 5.75. The van der Waals surface area contributed by atoms with Gasteiger partial charge in [0.15, 0.2) is 0 Å². The van der Waals surface area contributed by atoms with Gasteiger partial charge in [-0.3, -0.25) is 0 Å². The predicted molar refractivity (Wildman–Crippen MR) is 64.4 cm³/mol. The van der Waals surface area contributed by atoms with Crippen molar-refractivity contribution in [3.63, 3.8) is 0 Å². The molecule has 0 fully saturated rings. The van der Waals surface area contributed by atoms with E-state index in [1.165, 1.54) is 0 Å². The molecule has 0 aliphatic heterocycles. The average molecular weight is 299 g/mol.